The maximum atomic E-state index is 14.5. The molecule has 0 bridgehead atoms. The second-order valence-electron chi connectivity index (χ2n) is 33.3. The van der Waals surface area contributed by atoms with Gasteiger partial charge in [-0.15, -0.1) is 0 Å². The van der Waals surface area contributed by atoms with Crippen molar-refractivity contribution >= 4 is 68.4 Å². The molecule has 684 valence electrons. The average Bonchev–Trinajstić information content (AvgIpc) is 1.75. The van der Waals surface area contributed by atoms with Crippen LogP contribution in [0.5, 0.6) is 5.75 Å². The first-order valence-corrected chi connectivity index (χ1v) is 43.9. The van der Waals surface area contributed by atoms with Crippen LogP contribution in [-0.4, -0.2) is 100 Å². The molecule has 20 rings (SSSR count). The summed E-state index contributed by atoms with van der Waals surface area (Å²) >= 11 is 0. The molecule has 6 aromatic carbocycles. The molecule has 0 atom stereocenters. The molecular weight excluding hydrogens is 1740 g/mol. The maximum absolute atomic E-state index is 14.5. The number of aryl methyl sites for hydroxylation is 6. The van der Waals surface area contributed by atoms with E-state index in [0.29, 0.717) is 85.9 Å². The van der Waals surface area contributed by atoms with Crippen molar-refractivity contribution in [1.29, 1.82) is 0 Å². The predicted molar refractivity (Wildman–Crippen MR) is 510 cm³/mol. The Kier molecular flexibility index (Phi) is 25.6. The van der Waals surface area contributed by atoms with Crippen LogP contribution < -0.4 is 26.0 Å². The van der Waals surface area contributed by atoms with Gasteiger partial charge in [0.25, 0.3) is 23.6 Å². The number of rotatable bonds is 18. The lowest BCUT2D eigenvalue weighted by molar-refractivity contribution is -0.158. The van der Waals surface area contributed by atoms with Gasteiger partial charge < -0.3 is 39.5 Å². The van der Waals surface area contributed by atoms with Gasteiger partial charge in [0.15, 0.2) is 23.3 Å². The second-order valence-corrected chi connectivity index (χ2v) is 33.3. The highest BCUT2D eigenvalue weighted by molar-refractivity contribution is 6.09. The van der Waals surface area contributed by atoms with E-state index >= 15 is 0 Å². The van der Waals surface area contributed by atoms with Gasteiger partial charge in [0, 0.05) is 155 Å². The highest BCUT2D eigenvalue weighted by Crippen LogP contribution is 2.40. The van der Waals surface area contributed by atoms with Crippen LogP contribution >= 0.6 is 0 Å². The van der Waals surface area contributed by atoms with Crippen LogP contribution in [0.25, 0.3) is 89.4 Å². The standard InChI is InChI=1S/C28H20F4N4O2.C27H19F3N4O.C26H26N4O2.C26H26N4O/c1-16-22(27(37)35-18-6-3-7-19(13-18)38-28(2,31)32)12-17(14-33-16)20-9-5-11-36-24(20)15-34-26(36)21-8-4-10-23(29)25(21)30;1-15-11-18(8-9-22(15)28)33-27(35)21-12-17(13-31-16(21)2)19-6-4-10-34-24(19)14-32-26(34)20-5-3-7-23(29)25(20)30;1-17-5-7-21(8-6-17)29-26(31)23-14-20(15-27-18(23)2)22-4-3-11-30-24(22)16-28-25(30)19-9-12-32-13-10-19;1-17-9-11-21(12-10-17)29-26(31)23-14-20(15-27-18(23)2)22-8-5-13-30-24(22)16-28-25(30)19-6-3-4-7-19/h3-15H,1-2H3,(H,35,37);3-14H,1-2H3,(H,33,35);3-8,11,14-16,19H,9-10,12-13H2,1-2H3,(H,29,31);5,8-16,19H,3-4,6-7H2,1-2H3,(H,29,31)/i;8D,9D,11D;;. The van der Waals surface area contributed by atoms with Crippen molar-refractivity contribution in [2.24, 2.45) is 0 Å². The lowest BCUT2D eigenvalue weighted by Crippen LogP contribution is -2.19. The maximum Gasteiger partial charge on any atom is 0.394 e. The lowest BCUT2D eigenvalue weighted by Gasteiger charge is -2.21. The molecule has 2 aliphatic rings. The number of carbonyl (C=O) groups excluding carboxylic acids is 4. The molecule has 136 heavy (non-hydrogen) atoms. The second kappa shape index (κ2) is 39.7. The van der Waals surface area contributed by atoms with Crippen LogP contribution in [0, 0.1) is 77.6 Å². The Morgan fingerprint density at radius 1 is 0.382 bits per heavy atom. The lowest BCUT2D eigenvalue weighted by atomic mass is 9.99. The highest BCUT2D eigenvalue weighted by Gasteiger charge is 2.29. The van der Waals surface area contributed by atoms with Crippen molar-refractivity contribution in [1.82, 2.24) is 57.5 Å². The molecule has 4 amide bonds. The van der Waals surface area contributed by atoms with Crippen molar-refractivity contribution in [2.45, 2.75) is 112 Å². The van der Waals surface area contributed by atoms with Gasteiger partial charge in [-0.25, -0.2) is 41.9 Å². The molecule has 4 N–H and O–H groups in total. The quantitative estimate of drug-likeness (QED) is 0.0583. The van der Waals surface area contributed by atoms with Crippen LogP contribution in [0.15, 0.2) is 274 Å². The summed E-state index contributed by atoms with van der Waals surface area (Å²) in [5.41, 5.74) is 16.9. The Morgan fingerprint density at radius 2 is 0.735 bits per heavy atom. The van der Waals surface area contributed by atoms with Gasteiger partial charge in [-0.2, -0.15) is 8.78 Å². The van der Waals surface area contributed by atoms with Gasteiger partial charge in [0.1, 0.15) is 34.9 Å². The van der Waals surface area contributed by atoms with Crippen LogP contribution in [0.2, 0.25) is 0 Å². The SMILES string of the molecule is Cc1ccc(NC(=O)c2cc(-c3cccn4c(C5CCCC5)ncc34)cnc2C)cc1.Cc1ccc(NC(=O)c2cc(-c3cccn4c(C5CCOCC5)ncc34)cnc2C)cc1.Cc1ncc(-c2cccn3c(-c4cccc(F)c4F)ncc23)cc1C(=O)Nc1cccc(OC(C)(F)F)c1.[2H]c1c([2H])c(NC(=O)c2cc(-c3cccn4c(-c5cccc(F)c5F)ncc34)cnc2C)c([2H])c(C)c1F. The highest BCUT2D eigenvalue weighted by atomic mass is 19.3. The minimum atomic E-state index is -3.37. The monoisotopic (exact) mass is 1830 g/mol. The third-order valence-corrected chi connectivity index (χ3v) is 23.8. The fraction of sp³-hybridized carbons (Fsp3) is 0.178. The molecule has 1 aliphatic carbocycles. The first-order valence-electron chi connectivity index (χ1n) is 45.4. The summed E-state index contributed by atoms with van der Waals surface area (Å²) in [6, 6.07) is 49.5. The van der Waals surface area contributed by atoms with Crippen LogP contribution in [0.1, 0.15) is 154 Å². The first-order chi connectivity index (χ1) is 66.9. The van der Waals surface area contributed by atoms with Crippen LogP contribution in [0.3, 0.4) is 0 Å². The number of hydrogen-bond donors (Lipinski definition) is 4. The number of nitrogens with one attached hydrogen (secondary N) is 4. The molecule has 0 spiro atoms. The zero-order valence-electron chi connectivity index (χ0n) is 78.0. The number of alkyl halides is 2. The van der Waals surface area contributed by atoms with Crippen molar-refractivity contribution in [3.05, 3.63) is 377 Å². The van der Waals surface area contributed by atoms with Crippen LogP contribution in [-0.2, 0) is 4.74 Å². The van der Waals surface area contributed by atoms with Crippen LogP contribution in [0.4, 0.5) is 53.5 Å². The zero-order valence-corrected chi connectivity index (χ0v) is 75.0. The Labute approximate surface area is 781 Å². The van der Waals surface area contributed by atoms with E-state index in [0.717, 1.165) is 106 Å². The largest absolute Gasteiger partial charge is 0.433 e. The van der Waals surface area contributed by atoms with Gasteiger partial charge in [-0.3, -0.25) is 47.9 Å². The summed E-state index contributed by atoms with van der Waals surface area (Å²) in [6.45, 7) is 14.5. The number of benzene rings is 6. The summed E-state index contributed by atoms with van der Waals surface area (Å²) < 4.78 is 139. The van der Waals surface area contributed by atoms with E-state index in [1.807, 2.05) is 125 Å². The summed E-state index contributed by atoms with van der Waals surface area (Å²) in [6.07, 6.45) is 24.8. The number of carbonyl (C=O) groups is 4. The molecule has 12 aromatic heterocycles. The zero-order chi connectivity index (χ0) is 97.8. The molecule has 13 heterocycles. The van der Waals surface area contributed by atoms with E-state index in [1.54, 1.807) is 89.9 Å². The topological polar surface area (TPSA) is 256 Å². The van der Waals surface area contributed by atoms with E-state index in [4.69, 9.17) is 18.8 Å². The van der Waals surface area contributed by atoms with Gasteiger partial charge in [0.2, 0.25) is 0 Å². The van der Waals surface area contributed by atoms with Crippen molar-refractivity contribution in [2.75, 3.05) is 34.5 Å². The molecule has 22 nitrogen and oxygen atoms in total. The minimum Gasteiger partial charge on any atom is -0.433 e. The smallest absolute Gasteiger partial charge is 0.394 e. The first kappa shape index (κ1) is 87.8. The molecule has 0 radical (unpaired) electrons. The normalized spacial score (nSPS) is 13.1. The molecule has 18 aromatic rings. The van der Waals surface area contributed by atoms with Gasteiger partial charge in [-0.05, 0) is 207 Å². The molecule has 1 saturated heterocycles. The fourth-order valence-electron chi connectivity index (χ4n) is 16.7. The summed E-state index contributed by atoms with van der Waals surface area (Å²) in [5, 5.41) is 11.1. The molecular formula is C107H91F7N16O6. The van der Waals surface area contributed by atoms with Crippen molar-refractivity contribution in [3.8, 4) is 73.0 Å². The number of pyridine rings is 8. The van der Waals surface area contributed by atoms with E-state index in [2.05, 4.69) is 89.2 Å². The number of amides is 4. The fourth-order valence-corrected chi connectivity index (χ4v) is 16.7. The molecule has 1 saturated carbocycles. The Balaban J connectivity index is 0.000000128. The van der Waals surface area contributed by atoms with Gasteiger partial charge in [0.05, 0.1) is 107 Å². The number of imidazole rings is 4. The number of halogens is 7. The number of aromatic nitrogens is 12. The van der Waals surface area contributed by atoms with E-state index in [1.165, 1.54) is 87.5 Å². The Bertz CT molecular complexity index is 7760. The van der Waals surface area contributed by atoms with E-state index < -0.39 is 59.1 Å². The number of anilines is 4. The molecule has 0 unspecified atom stereocenters. The summed E-state index contributed by atoms with van der Waals surface area (Å²) in [5.74, 6) is -3.01. The predicted octanol–water partition coefficient (Wildman–Crippen LogP) is 24.3. The number of fused-ring (bicyclic) bond motifs is 4. The third kappa shape index (κ3) is 20.1. The van der Waals surface area contributed by atoms with Crippen molar-refractivity contribution < 1.29 is 63.5 Å². The molecule has 29 heteroatoms. The minimum absolute atomic E-state index is 0.00926. The van der Waals surface area contributed by atoms with Gasteiger partial charge in [-0.1, -0.05) is 90.7 Å². The van der Waals surface area contributed by atoms with E-state index in [9.17, 15) is 49.9 Å². The summed E-state index contributed by atoms with van der Waals surface area (Å²) in [4.78, 5) is 88.1. The molecule has 2 fully saturated rings. The van der Waals surface area contributed by atoms with E-state index in [-0.39, 0.29) is 74.4 Å². The number of nitrogens with zero attached hydrogens (tertiary/aromatic N) is 12. The molecule has 1 aliphatic heterocycles. The summed E-state index contributed by atoms with van der Waals surface area (Å²) in [7, 11) is 0. The Morgan fingerprint density at radius 3 is 1.14 bits per heavy atom. The Hall–Kier alpha value is -16.2. The van der Waals surface area contributed by atoms with Crippen molar-refractivity contribution in [3.63, 3.8) is 0 Å². The third-order valence-electron chi connectivity index (χ3n) is 23.8. The average molecular weight is 1830 g/mol. The number of hydrogen-bond acceptors (Lipinski definition) is 14. The number of ether oxygens (including phenoxy) is 2. The van der Waals surface area contributed by atoms with Gasteiger partial charge >= 0.3 is 6.11 Å².